The van der Waals surface area contributed by atoms with Crippen molar-refractivity contribution < 1.29 is 9.13 Å². The van der Waals surface area contributed by atoms with Crippen LogP contribution in [0.1, 0.15) is 33.4 Å². The standard InChI is InChI=1S/C19H24ClFN2O/c1-5-24-19-9-6-14(10-15(19)20)17-8-7-16(21)18(23-17)11-22-13(4)12(2)3/h6-10,12-13,22H,5,11H2,1-4H3/t13-/m1/s1. The predicted octanol–water partition coefficient (Wildman–Crippen LogP) is 5.07. The Morgan fingerprint density at radius 3 is 2.58 bits per heavy atom. The minimum absolute atomic E-state index is 0.287. The topological polar surface area (TPSA) is 34.1 Å². The fourth-order valence-corrected chi connectivity index (χ4v) is 2.43. The van der Waals surface area contributed by atoms with Gasteiger partial charge in [-0.15, -0.1) is 0 Å². The molecule has 0 radical (unpaired) electrons. The summed E-state index contributed by atoms with van der Waals surface area (Å²) in [6, 6.07) is 8.88. The molecule has 0 aliphatic carbocycles. The highest BCUT2D eigenvalue weighted by Gasteiger charge is 2.12. The van der Waals surface area contributed by atoms with Crippen LogP contribution in [0.25, 0.3) is 11.3 Å². The van der Waals surface area contributed by atoms with Gasteiger partial charge in [-0.2, -0.15) is 0 Å². The zero-order chi connectivity index (χ0) is 17.7. The van der Waals surface area contributed by atoms with Crippen LogP contribution in [0, 0.1) is 11.7 Å². The Morgan fingerprint density at radius 1 is 1.21 bits per heavy atom. The van der Waals surface area contributed by atoms with Gasteiger partial charge in [-0.1, -0.05) is 25.4 Å². The number of pyridine rings is 1. The van der Waals surface area contributed by atoms with Gasteiger partial charge in [0.1, 0.15) is 11.6 Å². The first-order chi connectivity index (χ1) is 11.4. The molecule has 1 heterocycles. The number of aromatic nitrogens is 1. The van der Waals surface area contributed by atoms with Crippen LogP contribution in [0.3, 0.4) is 0 Å². The number of nitrogens with zero attached hydrogens (tertiary/aromatic N) is 1. The zero-order valence-electron chi connectivity index (χ0n) is 14.6. The first-order valence-corrected chi connectivity index (χ1v) is 8.61. The highest BCUT2D eigenvalue weighted by Crippen LogP contribution is 2.30. The first-order valence-electron chi connectivity index (χ1n) is 8.23. The molecule has 0 bridgehead atoms. The first kappa shape index (κ1) is 18.7. The lowest BCUT2D eigenvalue weighted by atomic mass is 10.1. The molecular formula is C19H24ClFN2O. The highest BCUT2D eigenvalue weighted by molar-refractivity contribution is 6.32. The number of ether oxygens (including phenoxy) is 1. The minimum atomic E-state index is -0.306. The van der Waals surface area contributed by atoms with Gasteiger partial charge < -0.3 is 10.1 Å². The van der Waals surface area contributed by atoms with Crippen molar-refractivity contribution in [3.05, 3.63) is 46.9 Å². The summed E-state index contributed by atoms with van der Waals surface area (Å²) in [4.78, 5) is 4.45. The maximum Gasteiger partial charge on any atom is 0.146 e. The van der Waals surface area contributed by atoms with E-state index in [0.717, 1.165) is 5.56 Å². The third-order valence-electron chi connectivity index (χ3n) is 4.04. The van der Waals surface area contributed by atoms with E-state index in [9.17, 15) is 4.39 Å². The molecule has 0 fully saturated rings. The SMILES string of the molecule is CCOc1ccc(-c2ccc(F)c(CN[C@H](C)C(C)C)n2)cc1Cl. The Labute approximate surface area is 148 Å². The number of halogens is 2. The molecule has 0 spiro atoms. The van der Waals surface area contributed by atoms with Gasteiger partial charge in [-0.05, 0) is 50.1 Å². The quantitative estimate of drug-likeness (QED) is 0.756. The Balaban J connectivity index is 2.22. The average Bonchev–Trinajstić information content (AvgIpc) is 2.55. The molecule has 1 aromatic heterocycles. The molecule has 0 saturated carbocycles. The number of hydrogen-bond donors (Lipinski definition) is 1. The van der Waals surface area contributed by atoms with Gasteiger partial charge in [0, 0.05) is 18.2 Å². The summed E-state index contributed by atoms with van der Waals surface area (Å²) in [5.74, 6) is 0.804. The molecule has 0 aliphatic heterocycles. The van der Waals surface area contributed by atoms with E-state index < -0.39 is 0 Å². The summed E-state index contributed by atoms with van der Waals surface area (Å²) < 4.78 is 19.5. The van der Waals surface area contributed by atoms with Crippen molar-refractivity contribution in [3.63, 3.8) is 0 Å². The van der Waals surface area contributed by atoms with Gasteiger partial charge in [0.2, 0.25) is 0 Å². The summed E-state index contributed by atoms with van der Waals surface area (Å²) >= 11 is 6.23. The lowest BCUT2D eigenvalue weighted by Crippen LogP contribution is -2.30. The predicted molar refractivity (Wildman–Crippen MR) is 96.9 cm³/mol. The molecule has 3 nitrogen and oxygen atoms in total. The van der Waals surface area contributed by atoms with Crippen LogP contribution in [0.4, 0.5) is 4.39 Å². The molecule has 1 aromatic carbocycles. The summed E-state index contributed by atoms with van der Waals surface area (Å²) in [5, 5.41) is 3.83. The van der Waals surface area contributed by atoms with E-state index in [4.69, 9.17) is 16.3 Å². The fourth-order valence-electron chi connectivity index (χ4n) is 2.20. The van der Waals surface area contributed by atoms with Gasteiger partial charge >= 0.3 is 0 Å². The van der Waals surface area contributed by atoms with Gasteiger partial charge in [0.15, 0.2) is 0 Å². The second-order valence-electron chi connectivity index (χ2n) is 6.12. The van der Waals surface area contributed by atoms with E-state index in [0.29, 0.717) is 41.2 Å². The van der Waals surface area contributed by atoms with Gasteiger partial charge in [0.25, 0.3) is 0 Å². The molecule has 130 valence electrons. The summed E-state index contributed by atoms with van der Waals surface area (Å²) in [6.45, 7) is 9.18. The number of nitrogens with one attached hydrogen (secondary N) is 1. The molecule has 1 N–H and O–H groups in total. The second kappa shape index (κ2) is 8.45. The summed E-state index contributed by atoms with van der Waals surface area (Å²) in [6.07, 6.45) is 0. The van der Waals surface area contributed by atoms with Gasteiger partial charge in [-0.25, -0.2) is 9.37 Å². The molecule has 0 saturated heterocycles. The molecule has 0 aliphatic rings. The maximum atomic E-state index is 14.0. The van der Waals surface area contributed by atoms with Crippen molar-refractivity contribution in [1.29, 1.82) is 0 Å². The number of rotatable bonds is 7. The van der Waals surface area contributed by atoms with E-state index in [1.807, 2.05) is 19.1 Å². The monoisotopic (exact) mass is 350 g/mol. The molecule has 24 heavy (non-hydrogen) atoms. The highest BCUT2D eigenvalue weighted by atomic mass is 35.5. The van der Waals surface area contributed by atoms with Crippen molar-refractivity contribution in [1.82, 2.24) is 10.3 Å². The van der Waals surface area contributed by atoms with Crippen LogP contribution in [0.2, 0.25) is 5.02 Å². The van der Waals surface area contributed by atoms with Gasteiger partial charge in [-0.3, -0.25) is 0 Å². The van der Waals surface area contributed by atoms with Crippen LogP contribution in [0.15, 0.2) is 30.3 Å². The molecule has 5 heteroatoms. The van der Waals surface area contributed by atoms with Crippen molar-refractivity contribution in [3.8, 4) is 17.0 Å². The zero-order valence-corrected chi connectivity index (χ0v) is 15.3. The number of benzene rings is 1. The van der Waals surface area contributed by atoms with Crippen molar-refractivity contribution in [2.75, 3.05) is 6.61 Å². The third-order valence-corrected chi connectivity index (χ3v) is 4.33. The average molecular weight is 351 g/mol. The second-order valence-corrected chi connectivity index (χ2v) is 6.52. The minimum Gasteiger partial charge on any atom is -0.492 e. The smallest absolute Gasteiger partial charge is 0.146 e. The van der Waals surface area contributed by atoms with Gasteiger partial charge in [0.05, 0.1) is 23.0 Å². The van der Waals surface area contributed by atoms with E-state index in [1.54, 1.807) is 12.1 Å². The van der Waals surface area contributed by atoms with Crippen LogP contribution < -0.4 is 10.1 Å². The Kier molecular flexibility index (Phi) is 6.58. The van der Waals surface area contributed by atoms with E-state index in [2.05, 4.69) is 31.1 Å². The number of hydrogen-bond acceptors (Lipinski definition) is 3. The Bertz CT molecular complexity index is 691. The fraction of sp³-hybridized carbons (Fsp3) is 0.421. The van der Waals surface area contributed by atoms with E-state index >= 15 is 0 Å². The summed E-state index contributed by atoms with van der Waals surface area (Å²) in [5.41, 5.74) is 1.93. The lowest BCUT2D eigenvalue weighted by Gasteiger charge is -2.17. The molecule has 0 unspecified atom stereocenters. The molecule has 2 rings (SSSR count). The van der Waals surface area contributed by atoms with Crippen molar-refractivity contribution >= 4 is 11.6 Å². The van der Waals surface area contributed by atoms with Crippen LogP contribution in [-0.2, 0) is 6.54 Å². The van der Waals surface area contributed by atoms with Crippen molar-refractivity contribution in [2.24, 2.45) is 5.92 Å². The molecule has 1 atom stereocenters. The largest absolute Gasteiger partial charge is 0.492 e. The third kappa shape index (κ3) is 4.68. The van der Waals surface area contributed by atoms with Crippen LogP contribution >= 0.6 is 11.6 Å². The Morgan fingerprint density at radius 2 is 1.96 bits per heavy atom. The normalized spacial score (nSPS) is 12.5. The Hall–Kier alpha value is -1.65. The van der Waals surface area contributed by atoms with Crippen LogP contribution in [-0.4, -0.2) is 17.6 Å². The molecular weight excluding hydrogens is 327 g/mol. The molecule has 2 aromatic rings. The van der Waals surface area contributed by atoms with Crippen LogP contribution in [0.5, 0.6) is 5.75 Å². The lowest BCUT2D eigenvalue weighted by molar-refractivity contribution is 0.340. The van der Waals surface area contributed by atoms with E-state index in [1.165, 1.54) is 6.07 Å². The molecule has 0 amide bonds. The summed E-state index contributed by atoms with van der Waals surface area (Å²) in [7, 11) is 0. The van der Waals surface area contributed by atoms with E-state index in [-0.39, 0.29) is 11.9 Å². The van der Waals surface area contributed by atoms with Crippen molar-refractivity contribution in [2.45, 2.75) is 40.3 Å². The maximum absolute atomic E-state index is 14.0.